The maximum Gasteiger partial charge on any atom is 0.225 e. The van der Waals surface area contributed by atoms with Gasteiger partial charge in [-0.3, -0.25) is 9.48 Å². The van der Waals surface area contributed by atoms with E-state index < -0.39 is 0 Å². The standard InChI is InChI=1S/C18H25N3O3/c1-11(14-7-8-16(23-5)17(9-14)24-6)19-18(22)10-15-12(2)20-21(4)13(15)3/h7-9,11H,10H2,1-6H3,(H,19,22). The minimum Gasteiger partial charge on any atom is -0.493 e. The number of amides is 1. The van der Waals surface area contributed by atoms with Gasteiger partial charge in [0.2, 0.25) is 5.91 Å². The van der Waals surface area contributed by atoms with Crippen LogP contribution in [0.4, 0.5) is 0 Å². The highest BCUT2D eigenvalue weighted by molar-refractivity contribution is 5.79. The van der Waals surface area contributed by atoms with Crippen LogP contribution in [0.25, 0.3) is 0 Å². The summed E-state index contributed by atoms with van der Waals surface area (Å²) in [6, 6.07) is 5.51. The summed E-state index contributed by atoms with van der Waals surface area (Å²) < 4.78 is 12.4. The average Bonchev–Trinajstić information content (AvgIpc) is 2.80. The van der Waals surface area contributed by atoms with Crippen LogP contribution in [0.3, 0.4) is 0 Å². The van der Waals surface area contributed by atoms with Gasteiger partial charge in [-0.25, -0.2) is 0 Å². The van der Waals surface area contributed by atoms with E-state index in [2.05, 4.69) is 10.4 Å². The molecule has 1 N–H and O–H groups in total. The van der Waals surface area contributed by atoms with Gasteiger partial charge in [0.1, 0.15) is 0 Å². The number of nitrogens with one attached hydrogen (secondary N) is 1. The lowest BCUT2D eigenvalue weighted by Crippen LogP contribution is -2.28. The molecule has 0 fully saturated rings. The van der Waals surface area contributed by atoms with Crippen molar-refractivity contribution in [2.24, 2.45) is 7.05 Å². The van der Waals surface area contributed by atoms with Crippen molar-refractivity contribution >= 4 is 5.91 Å². The summed E-state index contributed by atoms with van der Waals surface area (Å²) in [5.74, 6) is 1.29. The van der Waals surface area contributed by atoms with E-state index in [-0.39, 0.29) is 11.9 Å². The van der Waals surface area contributed by atoms with E-state index in [9.17, 15) is 4.79 Å². The van der Waals surface area contributed by atoms with E-state index in [0.717, 1.165) is 22.5 Å². The van der Waals surface area contributed by atoms with E-state index in [4.69, 9.17) is 9.47 Å². The fourth-order valence-electron chi connectivity index (χ4n) is 2.73. The Kier molecular flexibility index (Phi) is 5.49. The van der Waals surface area contributed by atoms with Crippen molar-refractivity contribution in [1.29, 1.82) is 0 Å². The number of rotatable bonds is 6. The number of aryl methyl sites for hydroxylation is 2. The molecule has 6 nitrogen and oxygen atoms in total. The van der Waals surface area contributed by atoms with Crippen LogP contribution in [-0.4, -0.2) is 29.9 Å². The minimum atomic E-state index is -0.130. The molecular weight excluding hydrogens is 306 g/mol. The summed E-state index contributed by atoms with van der Waals surface area (Å²) in [4.78, 5) is 12.4. The van der Waals surface area contributed by atoms with Gasteiger partial charge in [0, 0.05) is 18.3 Å². The largest absolute Gasteiger partial charge is 0.493 e. The first-order chi connectivity index (χ1) is 11.4. The number of hydrogen-bond donors (Lipinski definition) is 1. The van der Waals surface area contributed by atoms with Gasteiger partial charge in [-0.2, -0.15) is 5.10 Å². The summed E-state index contributed by atoms with van der Waals surface area (Å²) in [7, 11) is 5.08. The van der Waals surface area contributed by atoms with Crippen molar-refractivity contribution in [3.05, 3.63) is 40.7 Å². The molecule has 130 valence electrons. The van der Waals surface area contributed by atoms with Gasteiger partial charge in [-0.15, -0.1) is 0 Å². The number of methoxy groups -OCH3 is 2. The maximum absolute atomic E-state index is 12.4. The highest BCUT2D eigenvalue weighted by atomic mass is 16.5. The molecular formula is C18H25N3O3. The zero-order valence-electron chi connectivity index (χ0n) is 15.1. The highest BCUT2D eigenvalue weighted by Gasteiger charge is 2.16. The number of carbonyl (C=O) groups is 1. The van der Waals surface area contributed by atoms with Gasteiger partial charge in [0.05, 0.1) is 32.4 Å². The van der Waals surface area contributed by atoms with Crippen LogP contribution in [0.15, 0.2) is 18.2 Å². The van der Waals surface area contributed by atoms with Crippen molar-refractivity contribution in [3.8, 4) is 11.5 Å². The molecule has 1 aromatic heterocycles. The number of carbonyl (C=O) groups excluding carboxylic acids is 1. The summed E-state index contributed by atoms with van der Waals surface area (Å²) in [5, 5.41) is 7.37. The van der Waals surface area contributed by atoms with Crippen molar-refractivity contribution in [2.75, 3.05) is 14.2 Å². The molecule has 0 radical (unpaired) electrons. The normalized spacial score (nSPS) is 11.9. The molecule has 1 unspecified atom stereocenters. The molecule has 1 heterocycles. The topological polar surface area (TPSA) is 65.4 Å². The van der Waals surface area contributed by atoms with Crippen LogP contribution in [0.5, 0.6) is 11.5 Å². The third-order valence-electron chi connectivity index (χ3n) is 4.28. The van der Waals surface area contributed by atoms with Crippen LogP contribution in [-0.2, 0) is 18.3 Å². The lowest BCUT2D eigenvalue weighted by atomic mass is 10.1. The van der Waals surface area contributed by atoms with E-state index in [1.165, 1.54) is 0 Å². The third-order valence-corrected chi connectivity index (χ3v) is 4.28. The minimum absolute atomic E-state index is 0.0310. The van der Waals surface area contributed by atoms with Crippen LogP contribution >= 0.6 is 0 Å². The maximum atomic E-state index is 12.4. The Balaban J connectivity index is 2.09. The molecule has 0 spiro atoms. The van der Waals surface area contributed by atoms with Crippen LogP contribution in [0.1, 0.15) is 35.5 Å². The molecule has 24 heavy (non-hydrogen) atoms. The molecule has 1 amide bonds. The molecule has 0 aliphatic heterocycles. The molecule has 0 saturated heterocycles. The molecule has 1 atom stereocenters. The van der Waals surface area contributed by atoms with Crippen molar-refractivity contribution in [1.82, 2.24) is 15.1 Å². The van der Waals surface area contributed by atoms with Crippen molar-refractivity contribution < 1.29 is 14.3 Å². The van der Waals surface area contributed by atoms with Gasteiger partial charge in [-0.05, 0) is 38.5 Å². The van der Waals surface area contributed by atoms with E-state index in [0.29, 0.717) is 17.9 Å². The SMILES string of the molecule is COc1ccc(C(C)NC(=O)Cc2c(C)nn(C)c2C)cc1OC. The quantitative estimate of drug-likeness (QED) is 0.883. The lowest BCUT2D eigenvalue weighted by molar-refractivity contribution is -0.121. The van der Waals surface area contributed by atoms with Gasteiger partial charge >= 0.3 is 0 Å². The second-order valence-corrected chi connectivity index (χ2v) is 5.85. The number of aromatic nitrogens is 2. The molecule has 0 aliphatic rings. The molecule has 0 aliphatic carbocycles. The Labute approximate surface area is 142 Å². The first kappa shape index (κ1) is 17.8. The smallest absolute Gasteiger partial charge is 0.225 e. The first-order valence-corrected chi connectivity index (χ1v) is 7.87. The first-order valence-electron chi connectivity index (χ1n) is 7.87. The molecule has 0 bridgehead atoms. The fraction of sp³-hybridized carbons (Fsp3) is 0.444. The molecule has 0 saturated carbocycles. The predicted molar refractivity (Wildman–Crippen MR) is 92.5 cm³/mol. The van der Waals surface area contributed by atoms with Gasteiger partial charge < -0.3 is 14.8 Å². The van der Waals surface area contributed by atoms with Crippen molar-refractivity contribution in [3.63, 3.8) is 0 Å². The van der Waals surface area contributed by atoms with Crippen LogP contribution in [0.2, 0.25) is 0 Å². The van der Waals surface area contributed by atoms with Gasteiger partial charge in [0.15, 0.2) is 11.5 Å². The zero-order valence-corrected chi connectivity index (χ0v) is 15.1. The second-order valence-electron chi connectivity index (χ2n) is 5.85. The van der Waals surface area contributed by atoms with Gasteiger partial charge in [-0.1, -0.05) is 6.07 Å². The van der Waals surface area contributed by atoms with Crippen LogP contribution < -0.4 is 14.8 Å². The Morgan fingerprint density at radius 1 is 1.25 bits per heavy atom. The monoisotopic (exact) mass is 331 g/mol. The summed E-state index contributed by atoms with van der Waals surface area (Å²) in [6.07, 6.45) is 0.323. The number of nitrogens with zero attached hydrogens (tertiary/aromatic N) is 2. The van der Waals surface area contributed by atoms with Crippen LogP contribution in [0, 0.1) is 13.8 Å². The summed E-state index contributed by atoms with van der Waals surface area (Å²) in [5.41, 5.74) is 3.85. The summed E-state index contributed by atoms with van der Waals surface area (Å²) in [6.45, 7) is 5.84. The molecule has 2 rings (SSSR count). The Morgan fingerprint density at radius 3 is 2.46 bits per heavy atom. The number of benzene rings is 1. The second kappa shape index (κ2) is 7.38. The van der Waals surface area contributed by atoms with E-state index in [1.54, 1.807) is 18.9 Å². The van der Waals surface area contributed by atoms with Crippen molar-refractivity contribution in [2.45, 2.75) is 33.2 Å². The fourth-order valence-corrected chi connectivity index (χ4v) is 2.73. The van der Waals surface area contributed by atoms with E-state index >= 15 is 0 Å². The molecule has 1 aromatic carbocycles. The molecule has 2 aromatic rings. The Bertz CT molecular complexity index is 737. The number of ether oxygens (including phenoxy) is 2. The summed E-state index contributed by atoms with van der Waals surface area (Å²) >= 11 is 0. The lowest BCUT2D eigenvalue weighted by Gasteiger charge is -2.16. The number of hydrogen-bond acceptors (Lipinski definition) is 4. The Hall–Kier alpha value is -2.50. The predicted octanol–water partition coefficient (Wildman–Crippen LogP) is 2.47. The third kappa shape index (κ3) is 3.69. The Morgan fingerprint density at radius 2 is 1.92 bits per heavy atom. The average molecular weight is 331 g/mol. The van der Waals surface area contributed by atoms with E-state index in [1.807, 2.05) is 46.0 Å². The molecule has 6 heteroatoms. The highest BCUT2D eigenvalue weighted by Crippen LogP contribution is 2.29. The zero-order chi connectivity index (χ0) is 17.9. The van der Waals surface area contributed by atoms with Gasteiger partial charge in [0.25, 0.3) is 0 Å².